The SMILES string of the molecule is O=c1c(S(=O)(=O)c2ccccc2C(F)(F)F)cc(-c2ccccn2)nn1-c1ccccc1. The summed E-state index contributed by atoms with van der Waals surface area (Å²) >= 11 is 0. The largest absolute Gasteiger partial charge is 0.417 e. The van der Waals surface area contributed by atoms with Crippen molar-refractivity contribution in [2.75, 3.05) is 0 Å². The van der Waals surface area contributed by atoms with Crippen molar-refractivity contribution in [1.29, 1.82) is 0 Å². The first-order chi connectivity index (χ1) is 15.2. The minimum atomic E-state index is -4.93. The highest BCUT2D eigenvalue weighted by Gasteiger charge is 2.38. The van der Waals surface area contributed by atoms with E-state index in [0.717, 1.165) is 22.9 Å². The number of hydrogen-bond donors (Lipinski definition) is 0. The molecule has 2 heterocycles. The molecule has 6 nitrogen and oxygen atoms in total. The van der Waals surface area contributed by atoms with Crippen LogP contribution in [0.2, 0.25) is 0 Å². The van der Waals surface area contributed by atoms with Gasteiger partial charge in [0.15, 0.2) is 0 Å². The smallest absolute Gasteiger partial charge is 0.266 e. The van der Waals surface area contributed by atoms with E-state index in [1.54, 1.807) is 36.4 Å². The van der Waals surface area contributed by atoms with Gasteiger partial charge in [-0.15, -0.1) is 0 Å². The summed E-state index contributed by atoms with van der Waals surface area (Å²) in [6.45, 7) is 0. The van der Waals surface area contributed by atoms with Crippen LogP contribution in [0.1, 0.15) is 5.56 Å². The average Bonchev–Trinajstić information content (AvgIpc) is 2.80. The second kappa shape index (κ2) is 8.04. The molecular formula is C22H14F3N3O3S. The van der Waals surface area contributed by atoms with Crippen molar-refractivity contribution in [3.8, 4) is 17.1 Å². The molecule has 162 valence electrons. The lowest BCUT2D eigenvalue weighted by molar-refractivity contribution is -0.139. The zero-order valence-corrected chi connectivity index (χ0v) is 17.0. The second-order valence-electron chi connectivity index (χ2n) is 6.66. The van der Waals surface area contributed by atoms with E-state index in [9.17, 15) is 26.4 Å². The molecule has 2 aromatic heterocycles. The number of sulfone groups is 1. The van der Waals surface area contributed by atoms with Crippen LogP contribution in [0.5, 0.6) is 0 Å². The Balaban J connectivity index is 2.04. The van der Waals surface area contributed by atoms with Crippen LogP contribution in [-0.2, 0) is 16.0 Å². The van der Waals surface area contributed by atoms with Crippen LogP contribution >= 0.6 is 0 Å². The molecule has 0 amide bonds. The highest BCUT2D eigenvalue weighted by Crippen LogP contribution is 2.36. The summed E-state index contributed by atoms with van der Waals surface area (Å²) in [5.41, 5.74) is -1.93. The zero-order chi connectivity index (χ0) is 22.9. The minimum absolute atomic E-state index is 0.0112. The number of aromatic nitrogens is 3. The minimum Gasteiger partial charge on any atom is -0.266 e. The maximum absolute atomic E-state index is 13.5. The number of alkyl halides is 3. The Bertz CT molecular complexity index is 1440. The lowest BCUT2D eigenvalue weighted by Gasteiger charge is -2.14. The summed E-state index contributed by atoms with van der Waals surface area (Å²) in [5, 5.41) is 4.21. The Morgan fingerprint density at radius 2 is 1.44 bits per heavy atom. The topological polar surface area (TPSA) is 81.9 Å². The first-order valence-electron chi connectivity index (χ1n) is 9.22. The van der Waals surface area contributed by atoms with Gasteiger partial charge in [0, 0.05) is 6.20 Å². The van der Waals surface area contributed by atoms with E-state index in [1.165, 1.54) is 24.4 Å². The number of halogens is 3. The van der Waals surface area contributed by atoms with Crippen LogP contribution in [0.25, 0.3) is 17.1 Å². The maximum atomic E-state index is 13.5. The maximum Gasteiger partial charge on any atom is 0.417 e. The molecule has 0 unspecified atom stereocenters. The molecule has 0 bridgehead atoms. The van der Waals surface area contributed by atoms with Crippen molar-refractivity contribution >= 4 is 9.84 Å². The van der Waals surface area contributed by atoms with Gasteiger partial charge in [-0.05, 0) is 42.5 Å². The fourth-order valence-electron chi connectivity index (χ4n) is 3.10. The molecular weight excluding hydrogens is 443 g/mol. The van der Waals surface area contributed by atoms with Crippen molar-refractivity contribution in [3.05, 3.63) is 101 Å². The highest BCUT2D eigenvalue weighted by atomic mass is 32.2. The Morgan fingerprint density at radius 1 is 0.781 bits per heavy atom. The molecule has 0 fully saturated rings. The van der Waals surface area contributed by atoms with E-state index in [-0.39, 0.29) is 17.1 Å². The molecule has 0 radical (unpaired) electrons. The van der Waals surface area contributed by atoms with Crippen molar-refractivity contribution in [2.24, 2.45) is 0 Å². The summed E-state index contributed by atoms with van der Waals surface area (Å²) in [6, 6.07) is 17.5. The molecule has 0 aliphatic carbocycles. The molecule has 0 N–H and O–H groups in total. The number of pyridine rings is 1. The van der Waals surface area contributed by atoms with Gasteiger partial charge in [-0.1, -0.05) is 36.4 Å². The second-order valence-corrected chi connectivity index (χ2v) is 8.55. The van der Waals surface area contributed by atoms with Crippen LogP contribution < -0.4 is 5.56 Å². The van der Waals surface area contributed by atoms with E-state index in [4.69, 9.17) is 0 Å². The molecule has 0 spiro atoms. The van der Waals surface area contributed by atoms with Gasteiger partial charge in [-0.25, -0.2) is 8.42 Å². The molecule has 4 aromatic rings. The Hall–Kier alpha value is -3.79. The Kier molecular flexibility index (Phi) is 5.39. The predicted octanol–water partition coefficient (Wildman–Crippen LogP) is 4.15. The van der Waals surface area contributed by atoms with E-state index in [1.807, 2.05) is 0 Å². The fraction of sp³-hybridized carbons (Fsp3) is 0.0455. The van der Waals surface area contributed by atoms with Crippen molar-refractivity contribution < 1.29 is 21.6 Å². The number of nitrogens with zero attached hydrogens (tertiary/aromatic N) is 3. The van der Waals surface area contributed by atoms with E-state index in [0.29, 0.717) is 6.07 Å². The molecule has 32 heavy (non-hydrogen) atoms. The molecule has 0 saturated carbocycles. The number of benzene rings is 2. The van der Waals surface area contributed by atoms with Gasteiger partial charge in [-0.3, -0.25) is 9.78 Å². The summed E-state index contributed by atoms with van der Waals surface area (Å²) in [6.07, 6.45) is -3.49. The number of hydrogen-bond acceptors (Lipinski definition) is 5. The van der Waals surface area contributed by atoms with E-state index >= 15 is 0 Å². The van der Waals surface area contributed by atoms with Crippen LogP contribution in [0, 0.1) is 0 Å². The number of para-hydroxylation sites is 1. The third kappa shape index (κ3) is 3.92. The quantitative estimate of drug-likeness (QED) is 0.460. The van der Waals surface area contributed by atoms with Crippen molar-refractivity contribution in [2.45, 2.75) is 16.0 Å². The molecule has 4 rings (SSSR count). The van der Waals surface area contributed by atoms with Crippen molar-refractivity contribution in [1.82, 2.24) is 14.8 Å². The Labute approximate surface area is 180 Å². The van der Waals surface area contributed by atoms with Crippen LogP contribution in [0.4, 0.5) is 13.2 Å². The highest BCUT2D eigenvalue weighted by molar-refractivity contribution is 7.91. The van der Waals surface area contributed by atoms with Gasteiger partial charge >= 0.3 is 6.18 Å². The van der Waals surface area contributed by atoms with Gasteiger partial charge in [0.1, 0.15) is 10.6 Å². The van der Waals surface area contributed by atoms with Gasteiger partial charge < -0.3 is 0 Å². The third-order valence-corrected chi connectivity index (χ3v) is 6.38. The van der Waals surface area contributed by atoms with Gasteiger partial charge in [0.05, 0.1) is 21.8 Å². The standard InChI is InChI=1S/C22H14F3N3O3S/c23-22(24,25)16-10-4-5-12-19(16)32(30,31)20-14-18(17-11-6-7-13-26-17)27-28(21(20)29)15-8-2-1-3-9-15/h1-14H. The molecule has 2 aromatic carbocycles. The Morgan fingerprint density at radius 3 is 2.09 bits per heavy atom. The molecule has 0 aliphatic heterocycles. The van der Waals surface area contributed by atoms with Crippen molar-refractivity contribution in [3.63, 3.8) is 0 Å². The van der Waals surface area contributed by atoms with E-state index in [2.05, 4.69) is 10.1 Å². The lowest BCUT2D eigenvalue weighted by atomic mass is 10.2. The summed E-state index contributed by atoms with van der Waals surface area (Å²) < 4.78 is 68.0. The summed E-state index contributed by atoms with van der Waals surface area (Å²) in [5.74, 6) is 0. The normalized spacial score (nSPS) is 12.0. The predicted molar refractivity (Wildman–Crippen MR) is 110 cm³/mol. The lowest BCUT2D eigenvalue weighted by Crippen LogP contribution is -2.28. The van der Waals surface area contributed by atoms with Gasteiger partial charge in [0.2, 0.25) is 9.84 Å². The monoisotopic (exact) mass is 457 g/mol. The van der Waals surface area contributed by atoms with Gasteiger partial charge in [0.25, 0.3) is 5.56 Å². The molecule has 0 aliphatic rings. The number of rotatable bonds is 4. The van der Waals surface area contributed by atoms with Crippen LogP contribution in [-0.4, -0.2) is 23.2 Å². The van der Waals surface area contributed by atoms with Crippen LogP contribution in [0.15, 0.2) is 99.6 Å². The molecule has 10 heteroatoms. The van der Waals surface area contributed by atoms with Gasteiger partial charge in [-0.2, -0.15) is 23.0 Å². The fourth-order valence-corrected chi connectivity index (χ4v) is 4.65. The average molecular weight is 457 g/mol. The van der Waals surface area contributed by atoms with Crippen LogP contribution in [0.3, 0.4) is 0 Å². The van der Waals surface area contributed by atoms with E-state index < -0.39 is 36.9 Å². The molecule has 0 atom stereocenters. The third-order valence-electron chi connectivity index (χ3n) is 4.58. The summed E-state index contributed by atoms with van der Waals surface area (Å²) in [4.78, 5) is 15.4. The zero-order valence-electron chi connectivity index (χ0n) is 16.2. The molecule has 0 saturated heterocycles. The first kappa shape index (κ1) is 21.4. The first-order valence-corrected chi connectivity index (χ1v) is 10.7. The summed E-state index contributed by atoms with van der Waals surface area (Å²) in [7, 11) is -4.87.